The van der Waals surface area contributed by atoms with Crippen LogP contribution < -0.4 is 5.32 Å². The lowest BCUT2D eigenvalue weighted by Gasteiger charge is -2.30. The Morgan fingerprint density at radius 3 is 2.96 bits per heavy atom. The minimum absolute atomic E-state index is 0.0790. The first-order chi connectivity index (χ1) is 13.0. The quantitative estimate of drug-likeness (QED) is 0.675. The Kier molecular flexibility index (Phi) is 4.76. The van der Waals surface area contributed by atoms with E-state index in [-0.39, 0.29) is 34.3 Å². The molecule has 1 aliphatic heterocycles. The van der Waals surface area contributed by atoms with E-state index in [1.165, 1.54) is 10.5 Å². The molecule has 12 heteroatoms. The zero-order valence-electron chi connectivity index (χ0n) is 13.9. The molecule has 1 N–H and O–H groups in total. The van der Waals surface area contributed by atoms with Crippen LogP contribution in [0, 0.1) is 5.92 Å². The molecule has 27 heavy (non-hydrogen) atoms. The number of rotatable bonds is 5. The molecule has 3 aromatic heterocycles. The predicted molar refractivity (Wildman–Crippen MR) is 94.2 cm³/mol. The maximum atomic E-state index is 12.7. The lowest BCUT2D eigenvalue weighted by molar-refractivity contribution is -0.121. The molecule has 142 valence electrons. The molecule has 1 unspecified atom stereocenters. The third kappa shape index (κ3) is 3.63. The lowest BCUT2D eigenvalue weighted by Crippen LogP contribution is -2.43. The fourth-order valence-corrected chi connectivity index (χ4v) is 5.49. The van der Waals surface area contributed by atoms with Gasteiger partial charge in [-0.05, 0) is 24.3 Å². The summed E-state index contributed by atoms with van der Waals surface area (Å²) in [6.07, 6.45) is 2.60. The number of nitrogens with one attached hydrogen (secondary N) is 1. The molecule has 0 saturated carbocycles. The van der Waals surface area contributed by atoms with E-state index >= 15 is 0 Å². The Labute approximate surface area is 158 Å². The van der Waals surface area contributed by atoms with Crippen LogP contribution >= 0.6 is 11.3 Å². The molecule has 10 nitrogen and oxygen atoms in total. The van der Waals surface area contributed by atoms with Gasteiger partial charge in [0.2, 0.25) is 11.7 Å². The minimum atomic E-state index is -3.58. The first-order valence-electron chi connectivity index (χ1n) is 8.13. The molecule has 3 aromatic rings. The number of aromatic nitrogens is 3. The summed E-state index contributed by atoms with van der Waals surface area (Å²) in [5, 5.41) is 15.3. The highest BCUT2D eigenvalue weighted by Gasteiger charge is 2.34. The van der Waals surface area contributed by atoms with Crippen molar-refractivity contribution in [1.29, 1.82) is 0 Å². The van der Waals surface area contributed by atoms with Gasteiger partial charge in [-0.1, -0.05) is 16.3 Å². The van der Waals surface area contributed by atoms with Gasteiger partial charge in [0.25, 0.3) is 15.9 Å². The predicted octanol–water partition coefficient (Wildman–Crippen LogP) is 1.83. The number of amides is 1. The molecular formula is C15H15N5O5S2. The first kappa shape index (κ1) is 17.8. The Morgan fingerprint density at radius 2 is 2.22 bits per heavy atom. The largest absolute Gasteiger partial charge is 0.400 e. The topological polar surface area (TPSA) is 131 Å². The van der Waals surface area contributed by atoms with Crippen molar-refractivity contribution in [2.75, 3.05) is 18.4 Å². The smallest absolute Gasteiger partial charge is 0.322 e. The summed E-state index contributed by atoms with van der Waals surface area (Å²) in [6.45, 7) is 0.495. The van der Waals surface area contributed by atoms with Gasteiger partial charge in [0.05, 0.1) is 12.1 Å². The Hall–Kier alpha value is -2.57. The number of carbonyl (C=O) groups is 1. The molecule has 0 aliphatic carbocycles. The van der Waals surface area contributed by atoms with Gasteiger partial charge in [-0.15, -0.1) is 16.4 Å². The Bertz CT molecular complexity index is 1010. The van der Waals surface area contributed by atoms with Crippen LogP contribution in [0.4, 0.5) is 6.01 Å². The van der Waals surface area contributed by atoms with Crippen molar-refractivity contribution in [2.45, 2.75) is 17.1 Å². The van der Waals surface area contributed by atoms with Crippen LogP contribution in [0.15, 0.2) is 42.9 Å². The van der Waals surface area contributed by atoms with Crippen molar-refractivity contribution in [3.8, 4) is 11.7 Å². The zero-order valence-corrected chi connectivity index (χ0v) is 15.6. The number of hydrogen-bond donors (Lipinski definition) is 1. The van der Waals surface area contributed by atoms with Crippen LogP contribution in [0.1, 0.15) is 12.8 Å². The number of sulfonamides is 1. The summed E-state index contributed by atoms with van der Waals surface area (Å²) < 4.78 is 37.2. The number of piperidine rings is 1. The van der Waals surface area contributed by atoms with Gasteiger partial charge in [-0.2, -0.15) is 4.31 Å². The average molecular weight is 409 g/mol. The minimum Gasteiger partial charge on any atom is -0.400 e. The van der Waals surface area contributed by atoms with Crippen LogP contribution in [0.5, 0.6) is 0 Å². The average Bonchev–Trinajstić information content (AvgIpc) is 3.42. The molecule has 4 rings (SSSR count). The number of thiophene rings is 1. The van der Waals surface area contributed by atoms with E-state index in [0.717, 1.165) is 11.3 Å². The normalized spacial score (nSPS) is 18.4. The second kappa shape index (κ2) is 7.21. The van der Waals surface area contributed by atoms with Gasteiger partial charge < -0.3 is 8.94 Å². The van der Waals surface area contributed by atoms with E-state index in [9.17, 15) is 13.2 Å². The van der Waals surface area contributed by atoms with Crippen molar-refractivity contribution < 1.29 is 22.2 Å². The molecule has 1 fully saturated rings. The van der Waals surface area contributed by atoms with E-state index in [4.69, 9.17) is 8.94 Å². The number of anilines is 1. The van der Waals surface area contributed by atoms with Gasteiger partial charge in [-0.3, -0.25) is 10.1 Å². The van der Waals surface area contributed by atoms with E-state index in [1.807, 2.05) is 0 Å². The van der Waals surface area contributed by atoms with Crippen LogP contribution in [0.2, 0.25) is 0 Å². The number of carbonyl (C=O) groups excluding carboxylic acids is 1. The number of nitrogens with zero attached hydrogens (tertiary/aromatic N) is 4. The van der Waals surface area contributed by atoms with Crippen molar-refractivity contribution in [3.63, 3.8) is 0 Å². The van der Waals surface area contributed by atoms with E-state index in [2.05, 4.69) is 20.7 Å². The first-order valence-corrected chi connectivity index (χ1v) is 10.4. The van der Waals surface area contributed by atoms with E-state index in [1.54, 1.807) is 23.6 Å². The third-order valence-electron chi connectivity index (χ3n) is 4.15. The molecule has 1 atom stereocenters. The van der Waals surface area contributed by atoms with Gasteiger partial charge >= 0.3 is 6.01 Å². The summed E-state index contributed by atoms with van der Waals surface area (Å²) in [5.74, 6) is -0.495. The van der Waals surface area contributed by atoms with Crippen molar-refractivity contribution >= 4 is 33.3 Å². The van der Waals surface area contributed by atoms with Crippen molar-refractivity contribution in [1.82, 2.24) is 19.7 Å². The second-order valence-electron chi connectivity index (χ2n) is 5.91. The highest BCUT2D eigenvalue weighted by Crippen LogP contribution is 2.27. The Morgan fingerprint density at radius 1 is 1.33 bits per heavy atom. The van der Waals surface area contributed by atoms with Gasteiger partial charge in [0, 0.05) is 19.2 Å². The maximum Gasteiger partial charge on any atom is 0.322 e. The van der Waals surface area contributed by atoms with Crippen LogP contribution in [-0.2, 0) is 14.8 Å². The fraction of sp³-hybridized carbons (Fsp3) is 0.333. The third-order valence-corrected chi connectivity index (χ3v) is 7.39. The zero-order chi connectivity index (χ0) is 18.9. The summed E-state index contributed by atoms with van der Waals surface area (Å²) in [6, 6.07) is 4.72. The van der Waals surface area contributed by atoms with Gasteiger partial charge in [0.1, 0.15) is 4.21 Å². The second-order valence-corrected chi connectivity index (χ2v) is 9.03. The van der Waals surface area contributed by atoms with Gasteiger partial charge in [0.15, 0.2) is 0 Å². The maximum absolute atomic E-state index is 12.7. The Balaban J connectivity index is 1.43. The SMILES string of the molecule is O=C(Nc1nnc(-c2ccno2)o1)C1CCCN(S(=O)(=O)c2cccs2)C1. The molecular weight excluding hydrogens is 394 g/mol. The summed E-state index contributed by atoms with van der Waals surface area (Å²) in [7, 11) is -3.58. The van der Waals surface area contributed by atoms with Crippen LogP contribution in [0.25, 0.3) is 11.7 Å². The van der Waals surface area contributed by atoms with Crippen molar-refractivity contribution in [3.05, 3.63) is 29.8 Å². The van der Waals surface area contributed by atoms with Crippen molar-refractivity contribution in [2.24, 2.45) is 5.92 Å². The molecule has 0 spiro atoms. The molecule has 1 amide bonds. The number of hydrogen-bond acceptors (Lipinski definition) is 9. The molecule has 1 saturated heterocycles. The summed E-state index contributed by atoms with van der Waals surface area (Å²) in [4.78, 5) is 12.5. The summed E-state index contributed by atoms with van der Waals surface area (Å²) in [5.41, 5.74) is 0. The molecule has 1 aliphatic rings. The van der Waals surface area contributed by atoms with Crippen LogP contribution in [-0.4, -0.2) is 47.1 Å². The van der Waals surface area contributed by atoms with E-state index in [0.29, 0.717) is 19.4 Å². The van der Waals surface area contributed by atoms with Gasteiger partial charge in [-0.25, -0.2) is 8.42 Å². The molecule has 4 heterocycles. The highest BCUT2D eigenvalue weighted by atomic mass is 32.2. The molecule has 0 radical (unpaired) electrons. The summed E-state index contributed by atoms with van der Waals surface area (Å²) >= 11 is 1.16. The van der Waals surface area contributed by atoms with E-state index < -0.39 is 15.9 Å². The lowest BCUT2D eigenvalue weighted by atomic mass is 9.99. The van der Waals surface area contributed by atoms with Crippen LogP contribution in [0.3, 0.4) is 0 Å². The molecule has 0 bridgehead atoms. The molecule has 0 aromatic carbocycles. The monoisotopic (exact) mass is 409 g/mol. The fourth-order valence-electron chi connectivity index (χ4n) is 2.82. The highest BCUT2D eigenvalue weighted by molar-refractivity contribution is 7.91. The standard InChI is InChI=1S/C15H15N5O5S2/c21-13(17-15-19-18-14(24-15)11-5-6-16-25-11)10-3-1-7-20(9-10)27(22,23)12-4-2-8-26-12/h2,4-6,8,10H,1,3,7,9H2,(H,17,19,21).